The number of aliphatic hydroxyl groups is 1. The first-order valence-electron chi connectivity index (χ1n) is 21.4. The topological polar surface area (TPSA) is 72.8 Å². The summed E-state index contributed by atoms with van der Waals surface area (Å²) in [7, 11) is 0. The third-order valence-electron chi connectivity index (χ3n) is 9.47. The Morgan fingerprint density at radius 2 is 0.755 bits per heavy atom. The highest BCUT2D eigenvalue weighted by molar-refractivity contribution is 5.70. The van der Waals surface area contributed by atoms with Crippen molar-refractivity contribution in [1.82, 2.24) is 0 Å². The summed E-state index contributed by atoms with van der Waals surface area (Å²) in [6.45, 7) is 4.14. The van der Waals surface area contributed by atoms with E-state index >= 15 is 0 Å². The molecule has 0 bridgehead atoms. The summed E-state index contributed by atoms with van der Waals surface area (Å²) >= 11 is 0. The van der Waals surface area contributed by atoms with Gasteiger partial charge in [-0.2, -0.15) is 0 Å². The quantitative estimate of drug-likeness (QED) is 0.0395. The van der Waals surface area contributed by atoms with Gasteiger partial charge >= 0.3 is 11.9 Å². The van der Waals surface area contributed by atoms with E-state index in [0.29, 0.717) is 12.8 Å². The van der Waals surface area contributed by atoms with E-state index < -0.39 is 6.10 Å². The number of esters is 2. The standard InChI is InChI=1S/C44H82O5/c1-3-5-7-9-11-13-15-17-19-21-23-25-27-29-31-33-35-37-39-44(47)49-42(40-45)41-48-43(46)38-36-34-32-30-28-26-24-22-20-18-16-14-12-10-8-6-4-2/h18-21,42,45H,3-17,22-41H2,1-2H3/b20-18-,21-19-. The van der Waals surface area contributed by atoms with Crippen LogP contribution in [0.4, 0.5) is 0 Å². The van der Waals surface area contributed by atoms with Crippen molar-refractivity contribution in [3.05, 3.63) is 24.3 Å². The van der Waals surface area contributed by atoms with Crippen LogP contribution < -0.4 is 0 Å². The first-order valence-corrected chi connectivity index (χ1v) is 21.4. The molecular weight excluding hydrogens is 608 g/mol. The fraction of sp³-hybridized carbons (Fsp3) is 0.864. The highest BCUT2D eigenvalue weighted by Crippen LogP contribution is 2.14. The van der Waals surface area contributed by atoms with Gasteiger partial charge in [0.2, 0.25) is 0 Å². The fourth-order valence-corrected chi connectivity index (χ4v) is 6.19. The van der Waals surface area contributed by atoms with Gasteiger partial charge in [-0.3, -0.25) is 9.59 Å². The second-order valence-electron chi connectivity index (χ2n) is 14.4. The molecular formula is C44H82O5. The number of rotatable bonds is 39. The summed E-state index contributed by atoms with van der Waals surface area (Å²) in [6.07, 6.45) is 48.1. The van der Waals surface area contributed by atoms with Gasteiger partial charge in [0.1, 0.15) is 6.61 Å². The maximum atomic E-state index is 12.2. The molecule has 0 rings (SSSR count). The van der Waals surface area contributed by atoms with Crippen LogP contribution >= 0.6 is 0 Å². The van der Waals surface area contributed by atoms with E-state index in [-0.39, 0.29) is 25.2 Å². The summed E-state index contributed by atoms with van der Waals surface area (Å²) in [5.74, 6) is -0.593. The molecule has 5 heteroatoms. The van der Waals surface area contributed by atoms with Crippen LogP contribution in [0, 0.1) is 0 Å². The van der Waals surface area contributed by atoms with Crippen molar-refractivity contribution in [2.75, 3.05) is 13.2 Å². The van der Waals surface area contributed by atoms with Crippen LogP contribution in [0.25, 0.3) is 0 Å². The lowest BCUT2D eigenvalue weighted by molar-refractivity contribution is -0.161. The maximum Gasteiger partial charge on any atom is 0.306 e. The summed E-state index contributed by atoms with van der Waals surface area (Å²) in [5.41, 5.74) is 0. The second-order valence-corrected chi connectivity index (χ2v) is 14.4. The lowest BCUT2D eigenvalue weighted by Crippen LogP contribution is -2.28. The molecule has 0 aliphatic rings. The van der Waals surface area contributed by atoms with Crippen LogP contribution in [0.15, 0.2) is 24.3 Å². The summed E-state index contributed by atoms with van der Waals surface area (Å²) in [5, 5.41) is 9.57. The second kappa shape index (κ2) is 40.8. The number of aliphatic hydroxyl groups excluding tert-OH is 1. The molecule has 0 radical (unpaired) electrons. The fourth-order valence-electron chi connectivity index (χ4n) is 6.19. The number of ether oxygens (including phenoxy) is 2. The van der Waals surface area contributed by atoms with Crippen molar-refractivity contribution in [2.45, 2.75) is 232 Å². The van der Waals surface area contributed by atoms with Gasteiger partial charge in [-0.15, -0.1) is 0 Å². The van der Waals surface area contributed by atoms with Gasteiger partial charge in [0.05, 0.1) is 6.61 Å². The zero-order chi connectivity index (χ0) is 35.7. The molecule has 1 unspecified atom stereocenters. The monoisotopic (exact) mass is 691 g/mol. The van der Waals surface area contributed by atoms with Crippen molar-refractivity contribution in [3.8, 4) is 0 Å². The van der Waals surface area contributed by atoms with Crippen LogP contribution in [0.3, 0.4) is 0 Å². The molecule has 1 atom stereocenters. The molecule has 0 aromatic heterocycles. The molecule has 0 aromatic rings. The Labute approximate surface area is 304 Å². The van der Waals surface area contributed by atoms with E-state index in [4.69, 9.17) is 9.47 Å². The molecule has 0 aliphatic carbocycles. The largest absolute Gasteiger partial charge is 0.462 e. The average molecular weight is 691 g/mol. The molecule has 0 aromatic carbocycles. The van der Waals surface area contributed by atoms with Crippen molar-refractivity contribution in [2.24, 2.45) is 0 Å². The maximum absolute atomic E-state index is 12.2. The Balaban J connectivity index is 3.53. The molecule has 0 aliphatic heterocycles. The highest BCUT2D eigenvalue weighted by Gasteiger charge is 2.16. The van der Waals surface area contributed by atoms with E-state index in [1.807, 2.05) is 0 Å². The first-order chi connectivity index (χ1) is 24.1. The van der Waals surface area contributed by atoms with E-state index in [1.54, 1.807) is 0 Å². The number of unbranched alkanes of at least 4 members (excludes halogenated alkanes) is 27. The Hall–Kier alpha value is -1.62. The lowest BCUT2D eigenvalue weighted by Gasteiger charge is -2.15. The first kappa shape index (κ1) is 47.4. The molecule has 0 saturated heterocycles. The minimum absolute atomic E-state index is 0.0667. The predicted molar refractivity (Wildman–Crippen MR) is 210 cm³/mol. The van der Waals surface area contributed by atoms with Crippen LogP contribution in [0.5, 0.6) is 0 Å². The van der Waals surface area contributed by atoms with Crippen molar-refractivity contribution >= 4 is 11.9 Å². The minimum Gasteiger partial charge on any atom is -0.462 e. The number of allylic oxidation sites excluding steroid dienone is 4. The van der Waals surface area contributed by atoms with Gasteiger partial charge in [-0.05, 0) is 64.2 Å². The highest BCUT2D eigenvalue weighted by atomic mass is 16.6. The summed E-state index contributed by atoms with van der Waals surface area (Å²) in [6, 6.07) is 0. The Morgan fingerprint density at radius 3 is 1.10 bits per heavy atom. The van der Waals surface area contributed by atoms with Crippen molar-refractivity contribution in [1.29, 1.82) is 0 Å². The molecule has 0 spiro atoms. The van der Waals surface area contributed by atoms with E-state index in [0.717, 1.165) is 38.5 Å². The molecule has 0 heterocycles. The van der Waals surface area contributed by atoms with Gasteiger partial charge in [-0.1, -0.05) is 173 Å². The number of hydrogen-bond donors (Lipinski definition) is 1. The van der Waals surface area contributed by atoms with Gasteiger partial charge in [-0.25, -0.2) is 0 Å². The van der Waals surface area contributed by atoms with Crippen LogP contribution in [0.1, 0.15) is 226 Å². The van der Waals surface area contributed by atoms with E-state index in [9.17, 15) is 14.7 Å². The summed E-state index contributed by atoms with van der Waals surface area (Å²) < 4.78 is 10.6. The zero-order valence-corrected chi connectivity index (χ0v) is 32.7. The Kier molecular flexibility index (Phi) is 39.5. The molecule has 0 fully saturated rings. The number of carbonyl (C=O) groups excluding carboxylic acids is 2. The van der Waals surface area contributed by atoms with Crippen molar-refractivity contribution in [3.63, 3.8) is 0 Å². The molecule has 49 heavy (non-hydrogen) atoms. The van der Waals surface area contributed by atoms with Crippen molar-refractivity contribution < 1.29 is 24.2 Å². The molecule has 0 saturated carbocycles. The van der Waals surface area contributed by atoms with Gasteiger partial charge in [0.25, 0.3) is 0 Å². The molecule has 0 amide bonds. The lowest BCUT2D eigenvalue weighted by atomic mass is 10.1. The average Bonchev–Trinajstić information content (AvgIpc) is 3.10. The smallest absolute Gasteiger partial charge is 0.306 e. The third kappa shape index (κ3) is 39.0. The van der Waals surface area contributed by atoms with Gasteiger partial charge in [0, 0.05) is 12.8 Å². The van der Waals surface area contributed by atoms with E-state index in [1.165, 1.54) is 161 Å². The Morgan fingerprint density at radius 1 is 0.449 bits per heavy atom. The van der Waals surface area contributed by atoms with Gasteiger partial charge in [0.15, 0.2) is 6.10 Å². The van der Waals surface area contributed by atoms with Crippen LogP contribution in [-0.4, -0.2) is 36.4 Å². The molecule has 5 nitrogen and oxygen atoms in total. The molecule has 1 N–H and O–H groups in total. The third-order valence-corrected chi connectivity index (χ3v) is 9.47. The number of hydrogen-bond acceptors (Lipinski definition) is 5. The van der Waals surface area contributed by atoms with Crippen LogP contribution in [0.2, 0.25) is 0 Å². The van der Waals surface area contributed by atoms with E-state index in [2.05, 4.69) is 38.2 Å². The van der Waals surface area contributed by atoms with Gasteiger partial charge < -0.3 is 14.6 Å². The minimum atomic E-state index is -0.772. The number of carbonyl (C=O) groups is 2. The SMILES string of the molecule is CCCCCCCC/C=C\CCCCCCCCCC(=O)OCC(CO)OC(=O)CCCCCCCCC/C=C\CCCCCCCCC. The normalized spacial score (nSPS) is 12.3. The van der Waals surface area contributed by atoms with Crippen LogP contribution in [-0.2, 0) is 19.1 Å². The predicted octanol–water partition coefficient (Wildman–Crippen LogP) is 13.5. The Bertz CT molecular complexity index is 746. The zero-order valence-electron chi connectivity index (χ0n) is 32.7. The summed E-state index contributed by atoms with van der Waals surface area (Å²) in [4.78, 5) is 24.3. The molecule has 288 valence electrons.